The van der Waals surface area contributed by atoms with Crippen LogP contribution in [-0.2, 0) is 11.8 Å². The Bertz CT molecular complexity index is 473. The SMILES string of the molecule is C=CP(=S)(c1ccccc1)c1ccccc1. The van der Waals surface area contributed by atoms with Crippen LogP contribution in [0, 0.1) is 0 Å². The molecule has 2 aromatic rings. The van der Waals surface area contributed by atoms with E-state index in [1.54, 1.807) is 0 Å². The second-order valence-corrected chi connectivity index (χ2v) is 7.95. The number of hydrogen-bond donors (Lipinski definition) is 0. The largest absolute Gasteiger partial charge is 0.0972 e. The molecule has 2 aromatic carbocycles. The van der Waals surface area contributed by atoms with Crippen molar-refractivity contribution in [3.8, 4) is 0 Å². The highest BCUT2D eigenvalue weighted by Gasteiger charge is 2.17. The molecule has 0 amide bonds. The second-order valence-electron chi connectivity index (χ2n) is 3.51. The lowest BCUT2D eigenvalue weighted by Gasteiger charge is -2.18. The van der Waals surface area contributed by atoms with Crippen molar-refractivity contribution in [3.63, 3.8) is 0 Å². The van der Waals surface area contributed by atoms with Gasteiger partial charge in [0.05, 0.1) is 0 Å². The van der Waals surface area contributed by atoms with Gasteiger partial charge in [-0.05, 0) is 16.4 Å². The summed E-state index contributed by atoms with van der Waals surface area (Å²) in [5.41, 5.74) is 0. The van der Waals surface area contributed by atoms with Gasteiger partial charge in [0.2, 0.25) is 0 Å². The molecular weight excluding hydrogens is 231 g/mol. The van der Waals surface area contributed by atoms with Crippen LogP contribution in [-0.4, -0.2) is 0 Å². The highest BCUT2D eigenvalue weighted by Crippen LogP contribution is 2.44. The Kier molecular flexibility index (Phi) is 3.38. The molecule has 0 nitrogen and oxygen atoms in total. The molecule has 0 unspecified atom stereocenters. The fourth-order valence-corrected chi connectivity index (χ4v) is 4.34. The van der Waals surface area contributed by atoms with Crippen molar-refractivity contribution in [2.45, 2.75) is 0 Å². The van der Waals surface area contributed by atoms with Gasteiger partial charge < -0.3 is 0 Å². The van der Waals surface area contributed by atoms with Gasteiger partial charge in [-0.1, -0.05) is 79.0 Å². The zero-order chi connectivity index (χ0) is 11.4. The van der Waals surface area contributed by atoms with Crippen LogP contribution in [0.5, 0.6) is 0 Å². The third-order valence-corrected chi connectivity index (χ3v) is 6.89. The molecule has 0 saturated heterocycles. The molecule has 0 aromatic heterocycles. The maximum atomic E-state index is 5.83. The smallest absolute Gasteiger partial charge is 0.0304 e. The van der Waals surface area contributed by atoms with Crippen molar-refractivity contribution in [2.75, 3.05) is 0 Å². The third-order valence-electron chi connectivity index (χ3n) is 2.54. The van der Waals surface area contributed by atoms with Crippen LogP contribution in [0.3, 0.4) is 0 Å². The molecule has 0 saturated carbocycles. The Morgan fingerprint density at radius 3 is 1.50 bits per heavy atom. The predicted molar refractivity (Wildman–Crippen MR) is 76.6 cm³/mol. The van der Waals surface area contributed by atoms with E-state index in [-0.39, 0.29) is 0 Å². The molecule has 0 spiro atoms. The lowest BCUT2D eigenvalue weighted by atomic mass is 10.4. The van der Waals surface area contributed by atoms with Crippen molar-refractivity contribution in [1.29, 1.82) is 0 Å². The Labute approximate surface area is 102 Å². The van der Waals surface area contributed by atoms with E-state index in [1.165, 1.54) is 10.6 Å². The molecule has 0 heterocycles. The van der Waals surface area contributed by atoms with Gasteiger partial charge in [-0.3, -0.25) is 0 Å². The molecule has 0 bridgehead atoms. The quantitative estimate of drug-likeness (QED) is 0.747. The molecule has 0 N–H and O–H groups in total. The molecule has 2 heteroatoms. The van der Waals surface area contributed by atoms with E-state index >= 15 is 0 Å². The van der Waals surface area contributed by atoms with E-state index in [9.17, 15) is 0 Å². The minimum Gasteiger partial charge on any atom is -0.0972 e. The first-order chi connectivity index (χ1) is 7.77. The Morgan fingerprint density at radius 2 is 1.19 bits per heavy atom. The highest BCUT2D eigenvalue weighted by atomic mass is 32.4. The van der Waals surface area contributed by atoms with E-state index < -0.39 is 6.04 Å². The van der Waals surface area contributed by atoms with E-state index in [0.29, 0.717) is 0 Å². The van der Waals surface area contributed by atoms with Gasteiger partial charge in [0, 0.05) is 6.04 Å². The van der Waals surface area contributed by atoms with Crippen LogP contribution in [0.15, 0.2) is 73.1 Å². The molecule has 2 rings (SSSR count). The average molecular weight is 244 g/mol. The molecule has 80 valence electrons. The Balaban J connectivity index is 2.58. The third kappa shape index (κ3) is 2.02. The van der Waals surface area contributed by atoms with Gasteiger partial charge in [0.25, 0.3) is 0 Å². The summed E-state index contributed by atoms with van der Waals surface area (Å²) in [6.07, 6.45) is 0. The van der Waals surface area contributed by atoms with E-state index in [4.69, 9.17) is 11.8 Å². The van der Waals surface area contributed by atoms with Gasteiger partial charge in [-0.15, -0.1) is 0 Å². The summed E-state index contributed by atoms with van der Waals surface area (Å²) in [6.45, 7) is 3.93. The fraction of sp³-hybridized carbons (Fsp3) is 0. The van der Waals surface area contributed by atoms with Crippen LogP contribution < -0.4 is 10.6 Å². The standard InChI is InChI=1S/C14H13PS/c1-2-15(16,13-9-5-3-6-10-13)14-11-7-4-8-12-14/h2-12H,1H2. The van der Waals surface area contributed by atoms with Crippen LogP contribution in [0.25, 0.3) is 0 Å². The van der Waals surface area contributed by atoms with Gasteiger partial charge in [0.1, 0.15) is 0 Å². The van der Waals surface area contributed by atoms with E-state index in [1.807, 2.05) is 42.2 Å². The molecule has 0 aliphatic rings. The predicted octanol–water partition coefficient (Wildman–Crippen LogP) is 3.26. The minimum atomic E-state index is -1.81. The summed E-state index contributed by atoms with van der Waals surface area (Å²) in [7, 11) is 0. The van der Waals surface area contributed by atoms with Crippen LogP contribution in [0.1, 0.15) is 0 Å². The fourth-order valence-electron chi connectivity index (χ4n) is 1.66. The lowest BCUT2D eigenvalue weighted by molar-refractivity contribution is 1.75. The molecule has 0 aliphatic carbocycles. The zero-order valence-corrected chi connectivity index (χ0v) is 10.6. The topological polar surface area (TPSA) is 0 Å². The molecule has 0 aliphatic heterocycles. The summed E-state index contributed by atoms with van der Waals surface area (Å²) in [5.74, 6) is 1.94. The first-order valence-electron chi connectivity index (χ1n) is 5.12. The van der Waals surface area contributed by atoms with Crippen molar-refractivity contribution >= 4 is 28.5 Å². The van der Waals surface area contributed by atoms with Gasteiger partial charge in [0.15, 0.2) is 0 Å². The van der Waals surface area contributed by atoms with Crippen molar-refractivity contribution in [2.24, 2.45) is 0 Å². The molecule has 0 atom stereocenters. The monoisotopic (exact) mass is 244 g/mol. The molecule has 16 heavy (non-hydrogen) atoms. The Morgan fingerprint density at radius 1 is 0.812 bits per heavy atom. The van der Waals surface area contributed by atoms with Gasteiger partial charge in [-0.25, -0.2) is 0 Å². The van der Waals surface area contributed by atoms with Crippen LogP contribution in [0.2, 0.25) is 0 Å². The summed E-state index contributed by atoms with van der Waals surface area (Å²) in [5, 5.41) is 2.40. The van der Waals surface area contributed by atoms with Crippen molar-refractivity contribution in [3.05, 3.63) is 73.1 Å². The van der Waals surface area contributed by atoms with E-state index in [0.717, 1.165) is 0 Å². The molecule has 0 fully saturated rings. The number of hydrogen-bond acceptors (Lipinski definition) is 1. The first kappa shape index (κ1) is 11.3. The number of rotatable bonds is 3. The minimum absolute atomic E-state index is 1.20. The van der Waals surface area contributed by atoms with Crippen molar-refractivity contribution < 1.29 is 0 Å². The summed E-state index contributed by atoms with van der Waals surface area (Å²) in [4.78, 5) is 0. The molecular formula is C14H13PS. The number of benzene rings is 2. The van der Waals surface area contributed by atoms with Gasteiger partial charge in [-0.2, -0.15) is 0 Å². The van der Waals surface area contributed by atoms with Gasteiger partial charge >= 0.3 is 0 Å². The average Bonchev–Trinajstić information content (AvgIpc) is 2.40. The van der Waals surface area contributed by atoms with Crippen molar-refractivity contribution in [1.82, 2.24) is 0 Å². The zero-order valence-electron chi connectivity index (χ0n) is 8.91. The summed E-state index contributed by atoms with van der Waals surface area (Å²) < 4.78 is 0. The van der Waals surface area contributed by atoms with E-state index in [2.05, 4.69) is 30.8 Å². The van der Waals surface area contributed by atoms with Crippen LogP contribution >= 0.6 is 6.04 Å². The second kappa shape index (κ2) is 4.78. The normalized spacial score (nSPS) is 11.0. The van der Waals surface area contributed by atoms with Crippen LogP contribution in [0.4, 0.5) is 0 Å². The highest BCUT2D eigenvalue weighted by molar-refractivity contribution is 8.23. The lowest BCUT2D eigenvalue weighted by Crippen LogP contribution is -2.13. The first-order valence-corrected chi connectivity index (χ1v) is 7.99. The summed E-state index contributed by atoms with van der Waals surface area (Å²) in [6, 6.07) is 18.7. The molecule has 0 radical (unpaired) electrons. The summed E-state index contributed by atoms with van der Waals surface area (Å²) >= 11 is 5.83. The maximum Gasteiger partial charge on any atom is 0.0304 e. The maximum absolute atomic E-state index is 5.83. The Hall–Kier alpha value is -1.17.